The minimum Gasteiger partial charge on any atom is -0.392 e. The third kappa shape index (κ3) is 3.13. The maximum absolute atomic E-state index is 13.5. The summed E-state index contributed by atoms with van der Waals surface area (Å²) in [6.07, 6.45) is -0.847. The molecule has 4 nitrogen and oxygen atoms in total. The van der Waals surface area contributed by atoms with Crippen molar-refractivity contribution in [3.8, 4) is 0 Å². The molecule has 0 aliphatic rings. The van der Waals surface area contributed by atoms with Gasteiger partial charge in [-0.15, -0.1) is 0 Å². The highest BCUT2D eigenvalue weighted by Crippen LogP contribution is 2.30. The summed E-state index contributed by atoms with van der Waals surface area (Å²) in [5, 5.41) is 8.36. The van der Waals surface area contributed by atoms with E-state index >= 15 is 0 Å². The first-order chi connectivity index (χ1) is 8.17. The van der Waals surface area contributed by atoms with E-state index in [0.29, 0.717) is 0 Å². The van der Waals surface area contributed by atoms with Crippen molar-refractivity contribution >= 4 is 33.2 Å². The Morgan fingerprint density at radius 2 is 2.00 bits per heavy atom. The molecule has 0 saturated carbocycles. The quantitative estimate of drug-likeness (QED) is 0.866. The first kappa shape index (κ1) is 15.7. The average molecular weight is 316 g/mol. The van der Waals surface area contributed by atoms with Crippen LogP contribution < -0.4 is 0 Å². The average Bonchev–Trinajstić information content (AvgIpc) is 2.24. The molecule has 8 heteroatoms. The van der Waals surface area contributed by atoms with E-state index in [-0.39, 0.29) is 16.5 Å². The van der Waals surface area contributed by atoms with Crippen LogP contribution in [-0.2, 0) is 10.0 Å². The van der Waals surface area contributed by atoms with Gasteiger partial charge in [-0.25, -0.2) is 12.8 Å². The zero-order valence-electron chi connectivity index (χ0n) is 9.69. The van der Waals surface area contributed by atoms with Gasteiger partial charge in [0.1, 0.15) is 4.90 Å². The van der Waals surface area contributed by atoms with Crippen molar-refractivity contribution in [2.45, 2.75) is 17.9 Å². The summed E-state index contributed by atoms with van der Waals surface area (Å²) in [7, 11) is -2.69. The smallest absolute Gasteiger partial charge is 0.244 e. The maximum Gasteiger partial charge on any atom is 0.244 e. The zero-order chi connectivity index (χ0) is 14.1. The fourth-order valence-corrected chi connectivity index (χ4v) is 3.31. The van der Waals surface area contributed by atoms with Crippen molar-refractivity contribution in [3.63, 3.8) is 0 Å². The Labute approximate surface area is 115 Å². The number of benzene rings is 1. The van der Waals surface area contributed by atoms with Gasteiger partial charge >= 0.3 is 0 Å². The lowest BCUT2D eigenvalue weighted by molar-refractivity contribution is 0.171. The van der Waals surface area contributed by atoms with Gasteiger partial charge in [0.2, 0.25) is 10.0 Å². The van der Waals surface area contributed by atoms with Crippen LogP contribution in [0.15, 0.2) is 17.0 Å². The second-order valence-electron chi connectivity index (χ2n) is 3.81. The fourth-order valence-electron chi connectivity index (χ4n) is 1.35. The third-order valence-electron chi connectivity index (χ3n) is 2.21. The summed E-state index contributed by atoms with van der Waals surface area (Å²) in [6, 6.07) is 2.24. The summed E-state index contributed by atoms with van der Waals surface area (Å²) in [5.41, 5.74) is 0. The van der Waals surface area contributed by atoms with E-state index < -0.39 is 27.0 Å². The lowest BCUT2D eigenvalue weighted by Gasteiger charge is -2.19. The zero-order valence-corrected chi connectivity index (χ0v) is 12.0. The molecular weight excluding hydrogens is 304 g/mol. The molecular formula is C10H12Cl2FNO3S. The standard InChI is InChI=1S/C10H12Cl2FNO3S/c1-6(15)5-14(2)18(16,17)8-4-3-7(11)10(13)9(8)12/h3-4,6,15H,5H2,1-2H3. The van der Waals surface area contributed by atoms with Crippen molar-refractivity contribution in [3.05, 3.63) is 28.0 Å². The predicted molar refractivity (Wildman–Crippen MR) is 67.9 cm³/mol. The van der Waals surface area contributed by atoms with Crippen LogP contribution in [-0.4, -0.2) is 37.5 Å². The molecule has 0 bridgehead atoms. The van der Waals surface area contributed by atoms with Crippen molar-refractivity contribution in [1.29, 1.82) is 0 Å². The van der Waals surface area contributed by atoms with Crippen LogP contribution in [0.25, 0.3) is 0 Å². The number of nitrogens with zero attached hydrogens (tertiary/aromatic N) is 1. The molecule has 0 aliphatic heterocycles. The SMILES string of the molecule is CC(O)CN(C)S(=O)(=O)c1ccc(Cl)c(F)c1Cl. The van der Waals surface area contributed by atoms with E-state index in [2.05, 4.69) is 0 Å². The minimum absolute atomic E-state index is 0.122. The van der Waals surface area contributed by atoms with Crippen LogP contribution in [0, 0.1) is 5.82 Å². The van der Waals surface area contributed by atoms with E-state index in [4.69, 9.17) is 28.3 Å². The van der Waals surface area contributed by atoms with Crippen molar-refractivity contribution in [1.82, 2.24) is 4.31 Å². The molecule has 18 heavy (non-hydrogen) atoms. The lowest BCUT2D eigenvalue weighted by atomic mass is 10.3. The summed E-state index contributed by atoms with van der Waals surface area (Å²) >= 11 is 11.1. The van der Waals surface area contributed by atoms with E-state index in [9.17, 15) is 12.8 Å². The molecule has 1 aromatic rings. The van der Waals surface area contributed by atoms with Crippen LogP contribution >= 0.6 is 23.2 Å². The Balaban J connectivity index is 3.25. The number of hydrogen-bond acceptors (Lipinski definition) is 3. The van der Waals surface area contributed by atoms with Gasteiger partial charge in [-0.1, -0.05) is 23.2 Å². The Hall–Kier alpha value is -0.400. The van der Waals surface area contributed by atoms with Crippen LogP contribution in [0.5, 0.6) is 0 Å². The third-order valence-corrected chi connectivity index (χ3v) is 4.85. The highest BCUT2D eigenvalue weighted by Gasteiger charge is 2.26. The van der Waals surface area contributed by atoms with Crippen LogP contribution in [0.4, 0.5) is 4.39 Å². The molecule has 1 N–H and O–H groups in total. The second-order valence-corrected chi connectivity index (χ2v) is 6.61. The van der Waals surface area contributed by atoms with Gasteiger partial charge in [-0.05, 0) is 19.1 Å². The molecule has 0 heterocycles. The molecule has 0 radical (unpaired) electrons. The largest absolute Gasteiger partial charge is 0.392 e. The normalized spacial score (nSPS) is 13.9. The van der Waals surface area contributed by atoms with Crippen LogP contribution in [0.2, 0.25) is 10.0 Å². The van der Waals surface area contributed by atoms with Gasteiger partial charge in [0.05, 0.1) is 16.1 Å². The Bertz CT molecular complexity index is 548. The molecule has 0 fully saturated rings. The van der Waals surface area contributed by atoms with E-state index in [1.165, 1.54) is 14.0 Å². The molecule has 0 amide bonds. The second kappa shape index (κ2) is 5.71. The van der Waals surface area contributed by atoms with E-state index in [1.807, 2.05) is 0 Å². The van der Waals surface area contributed by atoms with Crippen molar-refractivity contribution in [2.24, 2.45) is 0 Å². The number of rotatable bonds is 4. The van der Waals surface area contributed by atoms with Crippen molar-refractivity contribution < 1.29 is 17.9 Å². The van der Waals surface area contributed by atoms with Gasteiger partial charge in [-0.2, -0.15) is 4.31 Å². The summed E-state index contributed by atoms with van der Waals surface area (Å²) in [4.78, 5) is -0.380. The number of sulfonamides is 1. The number of likely N-dealkylation sites (N-methyl/N-ethyl adjacent to an activating group) is 1. The Kier molecular flexibility index (Phi) is 4.97. The number of halogens is 3. The first-order valence-corrected chi connectivity index (χ1v) is 7.15. The molecule has 0 aromatic heterocycles. The predicted octanol–water partition coefficient (Wildman–Crippen LogP) is 2.13. The lowest BCUT2D eigenvalue weighted by Crippen LogP contribution is -2.33. The Morgan fingerprint density at radius 3 is 2.50 bits per heavy atom. The van der Waals surface area contributed by atoms with Crippen LogP contribution in [0.3, 0.4) is 0 Å². The molecule has 1 aromatic carbocycles. The Morgan fingerprint density at radius 1 is 1.44 bits per heavy atom. The highest BCUT2D eigenvalue weighted by atomic mass is 35.5. The molecule has 1 atom stereocenters. The minimum atomic E-state index is -3.96. The van der Waals surface area contributed by atoms with E-state index in [0.717, 1.165) is 16.4 Å². The summed E-state index contributed by atoms with van der Waals surface area (Å²) in [6.45, 7) is 1.32. The summed E-state index contributed by atoms with van der Waals surface area (Å²) < 4.78 is 38.5. The van der Waals surface area contributed by atoms with Crippen LogP contribution in [0.1, 0.15) is 6.92 Å². The molecule has 0 saturated heterocycles. The number of aliphatic hydroxyl groups is 1. The van der Waals surface area contributed by atoms with Gasteiger partial charge < -0.3 is 5.11 Å². The molecule has 1 unspecified atom stereocenters. The maximum atomic E-state index is 13.5. The molecule has 1 rings (SSSR count). The van der Waals surface area contributed by atoms with Gasteiger partial charge in [0.15, 0.2) is 5.82 Å². The topological polar surface area (TPSA) is 57.6 Å². The summed E-state index contributed by atoms with van der Waals surface area (Å²) in [5.74, 6) is -0.982. The van der Waals surface area contributed by atoms with Gasteiger partial charge in [-0.3, -0.25) is 0 Å². The van der Waals surface area contributed by atoms with Gasteiger partial charge in [0.25, 0.3) is 0 Å². The van der Waals surface area contributed by atoms with Crippen molar-refractivity contribution in [2.75, 3.05) is 13.6 Å². The number of hydrogen-bond donors (Lipinski definition) is 1. The fraction of sp³-hybridized carbons (Fsp3) is 0.400. The highest BCUT2D eigenvalue weighted by molar-refractivity contribution is 7.89. The number of aliphatic hydroxyl groups excluding tert-OH is 1. The monoisotopic (exact) mass is 315 g/mol. The first-order valence-electron chi connectivity index (χ1n) is 4.95. The van der Waals surface area contributed by atoms with E-state index in [1.54, 1.807) is 0 Å². The molecule has 0 spiro atoms. The molecule has 102 valence electrons. The van der Waals surface area contributed by atoms with Gasteiger partial charge in [0, 0.05) is 13.6 Å². The molecule has 0 aliphatic carbocycles.